The van der Waals surface area contributed by atoms with Crippen LogP contribution in [-0.2, 0) is 8.85 Å². The highest BCUT2D eigenvalue weighted by atomic mass is 28.4. The van der Waals surface area contributed by atoms with Gasteiger partial charge in [0.15, 0.2) is 0 Å². The van der Waals surface area contributed by atoms with Crippen LogP contribution in [0.1, 0.15) is 6.42 Å². The first-order chi connectivity index (χ1) is 5.68. The lowest BCUT2D eigenvalue weighted by atomic mass is 10.5. The van der Waals surface area contributed by atoms with Crippen molar-refractivity contribution in [2.75, 3.05) is 27.3 Å². The standard InChI is InChI=1S/C8H20NO2Si/c1-5-9-7-6-8-12(4,10-2)11-3/h9H,1,5-8H2,2-4H3. The Labute approximate surface area is 76.7 Å². The summed E-state index contributed by atoms with van der Waals surface area (Å²) in [5.74, 6) is 0. The highest BCUT2D eigenvalue weighted by Crippen LogP contribution is 2.12. The molecule has 0 unspecified atom stereocenters. The van der Waals surface area contributed by atoms with Crippen LogP contribution in [0.4, 0.5) is 0 Å². The number of hydrogen-bond donors (Lipinski definition) is 1. The predicted molar refractivity (Wildman–Crippen MR) is 53.3 cm³/mol. The zero-order chi connectivity index (χ0) is 9.45. The van der Waals surface area contributed by atoms with Crippen LogP contribution < -0.4 is 5.32 Å². The number of nitrogens with one attached hydrogen (secondary N) is 1. The van der Waals surface area contributed by atoms with Gasteiger partial charge < -0.3 is 14.2 Å². The normalized spacial score (nSPS) is 12.0. The van der Waals surface area contributed by atoms with Crippen molar-refractivity contribution < 1.29 is 8.85 Å². The van der Waals surface area contributed by atoms with Crippen LogP contribution >= 0.6 is 0 Å². The molecule has 0 spiro atoms. The minimum absolute atomic E-state index is 0.790. The van der Waals surface area contributed by atoms with Gasteiger partial charge in [0.1, 0.15) is 0 Å². The summed E-state index contributed by atoms with van der Waals surface area (Å²) in [5, 5.41) is 3.17. The molecule has 0 heterocycles. The van der Waals surface area contributed by atoms with E-state index in [1.165, 1.54) is 0 Å². The summed E-state index contributed by atoms with van der Waals surface area (Å²) in [7, 11) is 1.65. The fraction of sp³-hybridized carbons (Fsp3) is 0.875. The van der Waals surface area contributed by atoms with Gasteiger partial charge in [-0.1, -0.05) is 0 Å². The van der Waals surface area contributed by atoms with Crippen LogP contribution in [0.25, 0.3) is 0 Å². The van der Waals surface area contributed by atoms with Crippen molar-refractivity contribution in [3.63, 3.8) is 0 Å². The van der Waals surface area contributed by atoms with Gasteiger partial charge in [0.2, 0.25) is 0 Å². The first-order valence-corrected chi connectivity index (χ1v) is 6.81. The summed E-state index contributed by atoms with van der Waals surface area (Å²) < 4.78 is 10.7. The molecule has 0 aromatic heterocycles. The van der Waals surface area contributed by atoms with Crippen LogP contribution in [0.2, 0.25) is 12.6 Å². The van der Waals surface area contributed by atoms with Gasteiger partial charge in [0, 0.05) is 14.2 Å². The SMILES string of the molecule is [CH2]CNCCC[Si](C)(OC)OC. The molecule has 0 amide bonds. The third-order valence-electron chi connectivity index (χ3n) is 2.02. The summed E-state index contributed by atoms with van der Waals surface area (Å²) in [4.78, 5) is 0. The quantitative estimate of drug-likeness (QED) is 0.483. The van der Waals surface area contributed by atoms with Crippen LogP contribution in [0.15, 0.2) is 0 Å². The molecule has 0 fully saturated rings. The lowest BCUT2D eigenvalue weighted by Gasteiger charge is -2.22. The minimum Gasteiger partial charge on any atom is -0.398 e. The molecule has 0 aliphatic carbocycles. The van der Waals surface area contributed by atoms with Gasteiger partial charge >= 0.3 is 8.56 Å². The Morgan fingerprint density at radius 3 is 2.33 bits per heavy atom. The highest BCUT2D eigenvalue weighted by Gasteiger charge is 2.27. The molecular formula is C8H20NO2Si. The zero-order valence-electron chi connectivity index (χ0n) is 8.35. The number of rotatable bonds is 7. The van der Waals surface area contributed by atoms with Gasteiger partial charge in [0.25, 0.3) is 0 Å². The van der Waals surface area contributed by atoms with E-state index in [1.54, 1.807) is 14.2 Å². The average Bonchev–Trinajstić information content (AvgIpc) is 2.12. The molecule has 3 nitrogen and oxygen atoms in total. The molecule has 0 bridgehead atoms. The molecule has 0 rings (SSSR count). The second kappa shape index (κ2) is 6.60. The van der Waals surface area contributed by atoms with E-state index in [-0.39, 0.29) is 0 Å². The van der Waals surface area contributed by atoms with E-state index in [4.69, 9.17) is 8.85 Å². The monoisotopic (exact) mass is 190 g/mol. The van der Waals surface area contributed by atoms with Gasteiger partial charge in [-0.15, -0.1) is 0 Å². The predicted octanol–water partition coefficient (Wildman–Crippen LogP) is 1.16. The summed E-state index contributed by atoms with van der Waals surface area (Å²) in [5.41, 5.74) is 0. The second-order valence-corrected chi connectivity index (χ2v) is 6.48. The third-order valence-corrected chi connectivity index (χ3v) is 5.01. The Morgan fingerprint density at radius 1 is 1.33 bits per heavy atom. The van der Waals surface area contributed by atoms with Crippen molar-refractivity contribution in [1.82, 2.24) is 5.32 Å². The fourth-order valence-electron chi connectivity index (χ4n) is 0.947. The van der Waals surface area contributed by atoms with E-state index < -0.39 is 8.56 Å². The molecule has 12 heavy (non-hydrogen) atoms. The molecule has 0 aliphatic rings. The largest absolute Gasteiger partial charge is 0.398 e. The van der Waals surface area contributed by atoms with Crippen LogP contribution in [0.5, 0.6) is 0 Å². The van der Waals surface area contributed by atoms with Gasteiger partial charge in [0.05, 0.1) is 0 Å². The van der Waals surface area contributed by atoms with E-state index in [1.807, 2.05) is 0 Å². The van der Waals surface area contributed by atoms with E-state index in [0.717, 1.165) is 25.6 Å². The maximum atomic E-state index is 5.34. The number of hydrogen-bond acceptors (Lipinski definition) is 3. The summed E-state index contributed by atoms with van der Waals surface area (Å²) in [6, 6.07) is 1.03. The molecule has 0 aromatic carbocycles. The van der Waals surface area contributed by atoms with Crippen molar-refractivity contribution in [1.29, 1.82) is 0 Å². The lowest BCUT2D eigenvalue weighted by molar-refractivity contribution is 0.248. The molecular weight excluding hydrogens is 170 g/mol. The fourth-order valence-corrected chi connectivity index (χ4v) is 2.34. The topological polar surface area (TPSA) is 30.5 Å². The van der Waals surface area contributed by atoms with Crippen molar-refractivity contribution in [3.8, 4) is 0 Å². The van der Waals surface area contributed by atoms with Crippen molar-refractivity contribution in [2.45, 2.75) is 19.0 Å². The van der Waals surface area contributed by atoms with Crippen molar-refractivity contribution in [2.24, 2.45) is 0 Å². The molecule has 0 saturated carbocycles. The molecule has 73 valence electrons. The minimum atomic E-state index is -1.81. The van der Waals surface area contributed by atoms with E-state index >= 15 is 0 Å². The van der Waals surface area contributed by atoms with E-state index in [9.17, 15) is 0 Å². The van der Waals surface area contributed by atoms with Gasteiger partial charge in [-0.25, -0.2) is 0 Å². The lowest BCUT2D eigenvalue weighted by Crippen LogP contribution is -2.36. The molecule has 1 N–H and O–H groups in total. The highest BCUT2D eigenvalue weighted by molar-refractivity contribution is 6.65. The second-order valence-electron chi connectivity index (χ2n) is 2.90. The molecule has 1 radical (unpaired) electrons. The van der Waals surface area contributed by atoms with Crippen molar-refractivity contribution in [3.05, 3.63) is 6.92 Å². The summed E-state index contributed by atoms with van der Waals surface area (Å²) >= 11 is 0. The Hall–Kier alpha value is 0.0969. The van der Waals surface area contributed by atoms with E-state index in [0.29, 0.717) is 0 Å². The Balaban J connectivity index is 3.45. The molecule has 0 aromatic rings. The average molecular weight is 190 g/mol. The van der Waals surface area contributed by atoms with Crippen LogP contribution in [0.3, 0.4) is 0 Å². The van der Waals surface area contributed by atoms with Gasteiger partial charge in [-0.3, -0.25) is 0 Å². The first-order valence-electron chi connectivity index (χ1n) is 4.29. The Kier molecular flexibility index (Phi) is 6.65. The van der Waals surface area contributed by atoms with Gasteiger partial charge in [-0.05, 0) is 39.0 Å². The molecule has 4 heteroatoms. The van der Waals surface area contributed by atoms with Crippen LogP contribution in [-0.4, -0.2) is 35.9 Å². The summed E-state index contributed by atoms with van der Waals surface area (Å²) in [6.07, 6.45) is 1.10. The Morgan fingerprint density at radius 2 is 1.92 bits per heavy atom. The Bertz CT molecular complexity index is 107. The molecule has 0 atom stereocenters. The maximum absolute atomic E-state index is 5.34. The van der Waals surface area contributed by atoms with Gasteiger partial charge in [-0.2, -0.15) is 0 Å². The summed E-state index contributed by atoms with van der Waals surface area (Å²) in [6.45, 7) is 7.57. The molecule has 0 aliphatic heterocycles. The molecule has 0 saturated heterocycles. The third kappa shape index (κ3) is 4.87. The van der Waals surface area contributed by atoms with Crippen LogP contribution in [0, 0.1) is 6.92 Å². The smallest absolute Gasteiger partial charge is 0.334 e. The van der Waals surface area contributed by atoms with E-state index in [2.05, 4.69) is 18.8 Å². The zero-order valence-corrected chi connectivity index (χ0v) is 9.35. The maximum Gasteiger partial charge on any atom is 0.334 e. The van der Waals surface area contributed by atoms with Crippen molar-refractivity contribution >= 4 is 8.56 Å². The first kappa shape index (κ1) is 12.1.